The molecule has 0 radical (unpaired) electrons. The summed E-state index contributed by atoms with van der Waals surface area (Å²) in [5, 5.41) is 0.605. The number of rotatable bonds is 16. The molecule has 236 valence electrons. The summed E-state index contributed by atoms with van der Waals surface area (Å²) in [6.07, 6.45) is 11.2. The molecule has 0 saturated carbocycles. The van der Waals surface area contributed by atoms with E-state index in [0.29, 0.717) is 18.1 Å². The van der Waals surface area contributed by atoms with Crippen molar-refractivity contribution in [2.45, 2.75) is 105 Å². The fourth-order valence-corrected chi connectivity index (χ4v) is 9.24. The van der Waals surface area contributed by atoms with Gasteiger partial charge in [0.1, 0.15) is 0 Å². The minimum atomic E-state index is -5.66. The number of aryl methyl sites for hydroxylation is 4. The van der Waals surface area contributed by atoms with Gasteiger partial charge < -0.3 is 0 Å². The van der Waals surface area contributed by atoms with Crippen molar-refractivity contribution < 1.29 is 14.7 Å². The van der Waals surface area contributed by atoms with Crippen LogP contribution in [0.4, 0.5) is 0 Å². The van der Waals surface area contributed by atoms with E-state index in [-0.39, 0.29) is 5.30 Å². The van der Waals surface area contributed by atoms with Gasteiger partial charge in [0.05, 0.1) is 0 Å². The molecule has 3 N–H and O–H groups in total. The first-order valence-corrected chi connectivity index (χ1v) is 19.0. The Bertz CT molecular complexity index is 1450. The van der Waals surface area contributed by atoms with Gasteiger partial charge in [0.25, 0.3) is 0 Å². The van der Waals surface area contributed by atoms with Crippen LogP contribution in [0.1, 0.15) is 101 Å². The maximum atomic E-state index is 12.8. The Morgan fingerprint density at radius 2 is 0.886 bits per heavy atom. The van der Waals surface area contributed by atoms with Crippen LogP contribution < -0.4 is 10.6 Å². The van der Waals surface area contributed by atoms with Crippen molar-refractivity contribution >= 4 is 17.9 Å². The zero-order valence-corrected chi connectivity index (χ0v) is 28.3. The van der Waals surface area contributed by atoms with Gasteiger partial charge in [-0.25, -0.2) is 0 Å². The van der Waals surface area contributed by atoms with E-state index in [4.69, 9.17) is 0 Å². The molecule has 0 aliphatic carbocycles. The SMILES string of the molecule is CCCCc1cccc(CCCC)c1-c1c(-c2ccccc2)cccc1P(O)(O)(O)c1c(CCCC)cccc1CCCC. The minimum absolute atomic E-state index is 0.251. The summed E-state index contributed by atoms with van der Waals surface area (Å²) >= 11 is 0. The van der Waals surface area contributed by atoms with E-state index < -0.39 is 7.28 Å². The van der Waals surface area contributed by atoms with E-state index in [2.05, 4.69) is 64.1 Å². The zero-order valence-electron chi connectivity index (χ0n) is 27.4. The van der Waals surface area contributed by atoms with Gasteiger partial charge >= 0.3 is 267 Å². The summed E-state index contributed by atoms with van der Waals surface area (Å²) in [6.45, 7) is 8.70. The van der Waals surface area contributed by atoms with Crippen molar-refractivity contribution in [2.75, 3.05) is 0 Å². The number of unbranched alkanes of at least 4 members (excludes halogenated alkanes) is 4. The Hall–Kier alpha value is -2.81. The first-order valence-electron chi connectivity index (χ1n) is 16.9. The molecule has 0 aliphatic heterocycles. The molecule has 4 rings (SSSR count). The van der Waals surface area contributed by atoms with Crippen LogP contribution in [0, 0.1) is 0 Å². The topological polar surface area (TPSA) is 60.7 Å². The van der Waals surface area contributed by atoms with Gasteiger partial charge in [0, 0.05) is 0 Å². The van der Waals surface area contributed by atoms with E-state index in [1.165, 1.54) is 11.1 Å². The van der Waals surface area contributed by atoms with E-state index in [1.807, 2.05) is 42.5 Å². The van der Waals surface area contributed by atoms with Crippen molar-refractivity contribution in [3.05, 3.63) is 107 Å². The quantitative estimate of drug-likeness (QED) is 0.110. The van der Waals surface area contributed by atoms with Crippen LogP contribution in [0.3, 0.4) is 0 Å². The Kier molecular flexibility index (Phi) is 12.0. The summed E-state index contributed by atoms with van der Waals surface area (Å²) in [4.78, 5) is 38.3. The van der Waals surface area contributed by atoms with Gasteiger partial charge in [-0.2, -0.15) is 0 Å². The molecule has 0 saturated heterocycles. The predicted molar refractivity (Wildman–Crippen MR) is 191 cm³/mol. The van der Waals surface area contributed by atoms with E-state index in [1.54, 1.807) is 6.07 Å². The van der Waals surface area contributed by atoms with Gasteiger partial charge in [-0.15, -0.1) is 0 Å². The third-order valence-corrected chi connectivity index (χ3v) is 11.5. The van der Waals surface area contributed by atoms with Crippen LogP contribution in [-0.2, 0) is 25.7 Å². The molecule has 0 aromatic heterocycles. The zero-order chi connectivity index (χ0) is 31.6. The Labute approximate surface area is 266 Å². The van der Waals surface area contributed by atoms with Crippen molar-refractivity contribution in [1.82, 2.24) is 0 Å². The molecule has 0 spiro atoms. The summed E-state index contributed by atoms with van der Waals surface area (Å²) in [5.74, 6) is 0. The monoisotopic (exact) mass is 612 g/mol. The molecule has 0 atom stereocenters. The molecule has 0 fully saturated rings. The molecular formula is C40H53O3P. The first-order chi connectivity index (χ1) is 21.3. The fraction of sp³-hybridized carbons (Fsp3) is 0.400. The second kappa shape index (κ2) is 15.5. The second-order valence-electron chi connectivity index (χ2n) is 12.3. The van der Waals surface area contributed by atoms with E-state index in [0.717, 1.165) is 97.6 Å². The Morgan fingerprint density at radius 1 is 0.455 bits per heavy atom. The summed E-state index contributed by atoms with van der Waals surface area (Å²) in [6, 6.07) is 28.4. The van der Waals surface area contributed by atoms with Crippen LogP contribution in [0.5, 0.6) is 0 Å². The van der Waals surface area contributed by atoms with E-state index in [9.17, 15) is 14.7 Å². The molecule has 0 heterocycles. The van der Waals surface area contributed by atoms with Crippen molar-refractivity contribution in [1.29, 1.82) is 0 Å². The van der Waals surface area contributed by atoms with Crippen LogP contribution in [0.15, 0.2) is 84.9 Å². The number of benzene rings is 4. The number of hydrogen-bond donors (Lipinski definition) is 3. The summed E-state index contributed by atoms with van der Waals surface area (Å²) in [5.41, 5.74) is 7.79. The van der Waals surface area contributed by atoms with Gasteiger partial charge in [0.15, 0.2) is 0 Å². The maximum absolute atomic E-state index is 12.8. The Morgan fingerprint density at radius 3 is 1.36 bits per heavy atom. The van der Waals surface area contributed by atoms with E-state index >= 15 is 0 Å². The van der Waals surface area contributed by atoms with Gasteiger partial charge in [0.2, 0.25) is 0 Å². The van der Waals surface area contributed by atoms with Gasteiger partial charge in [-0.1, -0.05) is 0 Å². The first kappa shape index (κ1) is 34.1. The fourth-order valence-electron chi connectivity index (χ4n) is 6.56. The average molecular weight is 613 g/mol. The van der Waals surface area contributed by atoms with Crippen LogP contribution in [0.2, 0.25) is 0 Å². The molecule has 4 aromatic carbocycles. The molecular weight excluding hydrogens is 559 g/mol. The normalized spacial score (nSPS) is 12.7. The molecule has 3 nitrogen and oxygen atoms in total. The van der Waals surface area contributed by atoms with Gasteiger partial charge in [-0.3, -0.25) is 0 Å². The van der Waals surface area contributed by atoms with Crippen molar-refractivity contribution in [3.8, 4) is 22.3 Å². The van der Waals surface area contributed by atoms with Crippen LogP contribution >= 0.6 is 7.28 Å². The molecule has 4 aromatic rings. The second-order valence-corrected chi connectivity index (χ2v) is 15.2. The molecule has 4 heteroatoms. The van der Waals surface area contributed by atoms with Crippen molar-refractivity contribution in [2.24, 2.45) is 0 Å². The molecule has 0 unspecified atom stereocenters. The molecule has 44 heavy (non-hydrogen) atoms. The third kappa shape index (κ3) is 7.52. The predicted octanol–water partition coefficient (Wildman–Crippen LogP) is 9.62. The Balaban J connectivity index is 2.15. The van der Waals surface area contributed by atoms with Gasteiger partial charge in [-0.05, 0) is 0 Å². The third-order valence-electron chi connectivity index (χ3n) is 8.87. The van der Waals surface area contributed by atoms with Crippen molar-refractivity contribution in [3.63, 3.8) is 0 Å². The summed E-state index contributed by atoms with van der Waals surface area (Å²) in [7, 11) is -5.66. The average Bonchev–Trinajstić information content (AvgIpc) is 3.04. The number of hydrogen-bond acceptors (Lipinski definition) is 3. The standard InChI is InChI=1S/C40H53O3P/c1-5-9-19-32-25-16-26-33(20-10-6-2)38(32)39-36(31-23-14-13-15-24-31)29-18-30-37(39)44(41,42,43)40-34(21-11-7-3)27-17-28-35(40)22-12-8-4/h13-18,23-30,41-43H,5-12,19-22H2,1-4H3. The summed E-state index contributed by atoms with van der Waals surface area (Å²) < 4.78 is 0. The van der Waals surface area contributed by atoms with Crippen LogP contribution in [-0.4, -0.2) is 14.7 Å². The molecule has 0 bridgehead atoms. The van der Waals surface area contributed by atoms with Crippen LogP contribution in [0.25, 0.3) is 22.3 Å². The molecule has 0 aliphatic rings. The molecule has 0 amide bonds.